The van der Waals surface area contributed by atoms with E-state index in [0.29, 0.717) is 26.0 Å². The van der Waals surface area contributed by atoms with Crippen molar-refractivity contribution in [1.29, 1.82) is 0 Å². The van der Waals surface area contributed by atoms with Gasteiger partial charge in [0, 0.05) is 30.1 Å². The van der Waals surface area contributed by atoms with Crippen LogP contribution < -0.4 is 10.1 Å². The van der Waals surface area contributed by atoms with Crippen molar-refractivity contribution in [2.45, 2.75) is 25.8 Å². The predicted molar refractivity (Wildman–Crippen MR) is 107 cm³/mol. The number of H-pyrrole nitrogens is 1. The van der Waals surface area contributed by atoms with Crippen LogP contribution in [0.2, 0.25) is 0 Å². The number of hydrogen-bond donors (Lipinski definition) is 2. The maximum absolute atomic E-state index is 12.7. The summed E-state index contributed by atoms with van der Waals surface area (Å²) >= 11 is 0. The van der Waals surface area contributed by atoms with Crippen molar-refractivity contribution in [3.63, 3.8) is 0 Å². The van der Waals surface area contributed by atoms with Gasteiger partial charge in [-0.05, 0) is 42.7 Å². The zero-order valence-electron chi connectivity index (χ0n) is 15.8. The molecular weight excluding hydrogens is 354 g/mol. The highest BCUT2D eigenvalue weighted by Gasteiger charge is 2.37. The molecule has 0 aliphatic carbocycles. The molecule has 2 aromatic carbocycles. The Morgan fingerprint density at radius 3 is 2.82 bits per heavy atom. The number of aryl methyl sites for hydroxylation is 1. The number of urea groups is 1. The number of benzene rings is 2. The third-order valence-electron chi connectivity index (χ3n) is 4.99. The molecule has 144 valence electrons. The first-order chi connectivity index (χ1) is 13.6. The number of amides is 3. The summed E-state index contributed by atoms with van der Waals surface area (Å²) < 4.78 is 5.70. The molecule has 1 fully saturated rings. The molecule has 6 nitrogen and oxygen atoms in total. The van der Waals surface area contributed by atoms with Crippen LogP contribution in [0.15, 0.2) is 54.7 Å². The van der Waals surface area contributed by atoms with Crippen molar-refractivity contribution in [2.75, 3.05) is 13.2 Å². The number of fused-ring (bicyclic) bond motifs is 1. The van der Waals surface area contributed by atoms with E-state index < -0.39 is 6.04 Å². The molecule has 4 rings (SSSR count). The highest BCUT2D eigenvalue weighted by atomic mass is 16.5. The lowest BCUT2D eigenvalue weighted by Crippen LogP contribution is -2.33. The zero-order valence-corrected chi connectivity index (χ0v) is 15.8. The third kappa shape index (κ3) is 3.71. The van der Waals surface area contributed by atoms with Gasteiger partial charge in [0.1, 0.15) is 11.8 Å². The Morgan fingerprint density at radius 2 is 1.96 bits per heavy atom. The van der Waals surface area contributed by atoms with Gasteiger partial charge in [-0.3, -0.25) is 9.69 Å². The third-order valence-corrected chi connectivity index (χ3v) is 4.99. The van der Waals surface area contributed by atoms with Crippen LogP contribution >= 0.6 is 0 Å². The van der Waals surface area contributed by atoms with Crippen LogP contribution in [-0.4, -0.2) is 41.0 Å². The summed E-state index contributed by atoms with van der Waals surface area (Å²) in [6, 6.07) is 14.9. The van der Waals surface area contributed by atoms with Gasteiger partial charge in [0.05, 0.1) is 6.61 Å². The Bertz CT molecular complexity index is 1010. The largest absolute Gasteiger partial charge is 0.494 e. The maximum atomic E-state index is 12.7. The summed E-state index contributed by atoms with van der Waals surface area (Å²) in [5, 5.41) is 3.88. The molecular formula is C22H23N3O3. The highest BCUT2D eigenvalue weighted by molar-refractivity contribution is 6.04. The number of nitrogens with zero attached hydrogens (tertiary/aromatic N) is 1. The molecule has 0 bridgehead atoms. The number of para-hydroxylation sites is 1. The monoisotopic (exact) mass is 377 g/mol. The van der Waals surface area contributed by atoms with Gasteiger partial charge in [0.25, 0.3) is 5.91 Å². The van der Waals surface area contributed by atoms with Crippen LogP contribution in [-0.2, 0) is 11.2 Å². The number of aromatic nitrogens is 1. The fraction of sp³-hybridized carbons (Fsp3) is 0.273. The number of imide groups is 1. The number of hydrogen-bond acceptors (Lipinski definition) is 3. The first-order valence-electron chi connectivity index (χ1n) is 9.48. The molecule has 2 heterocycles. The first kappa shape index (κ1) is 18.1. The molecule has 6 heteroatoms. The second kappa shape index (κ2) is 7.76. The van der Waals surface area contributed by atoms with E-state index in [4.69, 9.17) is 4.74 Å². The average molecular weight is 377 g/mol. The molecule has 1 aliphatic rings. The zero-order chi connectivity index (χ0) is 19.5. The standard InChI is InChI=1S/C22H23N3O3/c1-15-6-4-7-17(12-15)28-11-5-10-25-21(26)20(24-22(25)27)13-16-14-23-19-9-3-2-8-18(16)19/h2-4,6-9,12,14,20,23H,5,10-11,13H2,1H3,(H,24,27)/t20-/m1/s1. The highest BCUT2D eigenvalue weighted by Crippen LogP contribution is 2.21. The van der Waals surface area contributed by atoms with E-state index in [1.54, 1.807) is 0 Å². The number of carbonyl (C=O) groups is 2. The second-order valence-corrected chi connectivity index (χ2v) is 7.07. The van der Waals surface area contributed by atoms with Crippen LogP contribution in [0, 0.1) is 6.92 Å². The molecule has 1 atom stereocenters. The van der Waals surface area contributed by atoms with Gasteiger partial charge >= 0.3 is 6.03 Å². The fourth-order valence-corrected chi connectivity index (χ4v) is 3.57. The number of nitrogens with one attached hydrogen (secondary N) is 2. The number of ether oxygens (including phenoxy) is 1. The smallest absolute Gasteiger partial charge is 0.324 e. The van der Waals surface area contributed by atoms with Gasteiger partial charge in [-0.1, -0.05) is 30.3 Å². The minimum atomic E-state index is -0.524. The molecule has 2 N–H and O–H groups in total. The molecule has 0 spiro atoms. The Labute approximate surface area is 163 Å². The molecule has 1 aromatic heterocycles. The SMILES string of the molecule is Cc1cccc(OCCCN2C(=O)N[C@H](Cc3c[nH]c4ccccc34)C2=O)c1. The summed E-state index contributed by atoms with van der Waals surface area (Å²) in [5.74, 6) is 0.625. The van der Waals surface area contributed by atoms with E-state index in [9.17, 15) is 9.59 Å². The van der Waals surface area contributed by atoms with Gasteiger partial charge < -0.3 is 15.0 Å². The van der Waals surface area contributed by atoms with Gasteiger partial charge in [-0.15, -0.1) is 0 Å². The van der Waals surface area contributed by atoms with Gasteiger partial charge in [0.2, 0.25) is 0 Å². The summed E-state index contributed by atoms with van der Waals surface area (Å²) in [5.41, 5.74) is 3.19. The molecule has 1 saturated heterocycles. The van der Waals surface area contributed by atoms with Crippen molar-refractivity contribution in [3.05, 3.63) is 65.9 Å². The van der Waals surface area contributed by atoms with Crippen molar-refractivity contribution in [1.82, 2.24) is 15.2 Å². The lowest BCUT2D eigenvalue weighted by molar-refractivity contribution is -0.127. The number of rotatable bonds is 7. The van der Waals surface area contributed by atoms with Gasteiger partial charge in [-0.25, -0.2) is 4.79 Å². The van der Waals surface area contributed by atoms with Crippen LogP contribution in [0.5, 0.6) is 5.75 Å². The summed E-state index contributed by atoms with van der Waals surface area (Å²) in [6.45, 7) is 2.81. The molecule has 1 aliphatic heterocycles. The summed E-state index contributed by atoms with van der Waals surface area (Å²) in [6.07, 6.45) is 2.97. The van der Waals surface area contributed by atoms with Crippen LogP contribution in [0.1, 0.15) is 17.5 Å². The molecule has 3 aromatic rings. The normalized spacial score (nSPS) is 16.6. The molecule has 28 heavy (non-hydrogen) atoms. The van der Waals surface area contributed by atoms with Crippen molar-refractivity contribution >= 4 is 22.8 Å². The first-order valence-corrected chi connectivity index (χ1v) is 9.48. The van der Waals surface area contributed by atoms with Crippen LogP contribution in [0.3, 0.4) is 0 Å². The van der Waals surface area contributed by atoms with Gasteiger partial charge in [-0.2, -0.15) is 0 Å². The molecule has 0 unspecified atom stereocenters. The van der Waals surface area contributed by atoms with Crippen LogP contribution in [0.4, 0.5) is 4.79 Å². The average Bonchev–Trinajstić information content (AvgIpc) is 3.21. The van der Waals surface area contributed by atoms with Crippen molar-refractivity contribution < 1.29 is 14.3 Å². The van der Waals surface area contributed by atoms with Crippen LogP contribution in [0.25, 0.3) is 10.9 Å². The molecule has 0 saturated carbocycles. The number of carbonyl (C=O) groups excluding carboxylic acids is 2. The Hall–Kier alpha value is -3.28. The molecule has 3 amide bonds. The summed E-state index contributed by atoms with van der Waals surface area (Å²) in [7, 11) is 0. The predicted octanol–water partition coefficient (Wildman–Crippen LogP) is 3.41. The lowest BCUT2D eigenvalue weighted by Gasteiger charge is -2.13. The van der Waals surface area contributed by atoms with Gasteiger partial charge in [0.15, 0.2) is 0 Å². The number of aromatic amines is 1. The van der Waals surface area contributed by atoms with E-state index in [2.05, 4.69) is 10.3 Å². The minimum Gasteiger partial charge on any atom is -0.494 e. The summed E-state index contributed by atoms with van der Waals surface area (Å²) in [4.78, 5) is 29.4. The van der Waals surface area contributed by atoms with Crippen molar-refractivity contribution in [3.8, 4) is 5.75 Å². The van der Waals surface area contributed by atoms with Crippen molar-refractivity contribution in [2.24, 2.45) is 0 Å². The Balaban J connectivity index is 1.32. The molecule has 0 radical (unpaired) electrons. The van der Waals surface area contributed by atoms with E-state index in [-0.39, 0.29) is 11.9 Å². The maximum Gasteiger partial charge on any atom is 0.324 e. The quantitative estimate of drug-likeness (QED) is 0.489. The fourth-order valence-electron chi connectivity index (χ4n) is 3.57. The minimum absolute atomic E-state index is 0.175. The topological polar surface area (TPSA) is 74.4 Å². The second-order valence-electron chi connectivity index (χ2n) is 7.07. The lowest BCUT2D eigenvalue weighted by atomic mass is 10.1. The van der Waals surface area contributed by atoms with E-state index in [1.165, 1.54) is 4.90 Å². The Kier molecular flexibility index (Phi) is 5.02. The Morgan fingerprint density at radius 1 is 1.11 bits per heavy atom. The van der Waals surface area contributed by atoms with E-state index in [1.807, 2.05) is 61.7 Å². The van der Waals surface area contributed by atoms with E-state index >= 15 is 0 Å². The van der Waals surface area contributed by atoms with E-state index in [0.717, 1.165) is 27.8 Å².